The maximum absolute atomic E-state index is 5.87. The predicted octanol–water partition coefficient (Wildman–Crippen LogP) is 0.894. The van der Waals surface area contributed by atoms with Gasteiger partial charge in [0.15, 0.2) is 0 Å². The Labute approximate surface area is 84.5 Å². The van der Waals surface area contributed by atoms with Crippen molar-refractivity contribution in [2.75, 3.05) is 13.1 Å². The number of hydrogen-bond donors (Lipinski definition) is 2. The molecule has 0 aromatic carbocycles. The van der Waals surface area contributed by atoms with Gasteiger partial charge < -0.3 is 5.73 Å². The Bertz CT molecular complexity index is 262. The molecule has 3 N–H and O–H groups in total. The summed E-state index contributed by atoms with van der Waals surface area (Å²) < 4.78 is 0. The van der Waals surface area contributed by atoms with Gasteiger partial charge >= 0.3 is 0 Å². The Balaban J connectivity index is 1.95. The van der Waals surface area contributed by atoms with Crippen molar-refractivity contribution in [3.8, 4) is 0 Å². The summed E-state index contributed by atoms with van der Waals surface area (Å²) in [5.74, 6) is 0. The number of hydrogen-bond acceptors (Lipinski definition) is 3. The molecule has 0 bridgehead atoms. The first-order chi connectivity index (χ1) is 6.77. The second-order valence-corrected chi connectivity index (χ2v) is 4.08. The average Bonchev–Trinajstić information content (AvgIpc) is 2.71. The van der Waals surface area contributed by atoms with E-state index in [1.807, 2.05) is 12.4 Å². The molecule has 2 rings (SSSR count). The molecule has 1 aromatic rings. The number of likely N-dealkylation sites (tertiary alicyclic amines) is 1. The largest absolute Gasteiger partial charge is 0.328 e. The highest BCUT2D eigenvalue weighted by Crippen LogP contribution is 2.22. The molecule has 1 saturated heterocycles. The lowest BCUT2D eigenvalue weighted by atomic mass is 10.0. The fourth-order valence-corrected chi connectivity index (χ4v) is 2.01. The van der Waals surface area contributed by atoms with Crippen molar-refractivity contribution in [3.63, 3.8) is 0 Å². The van der Waals surface area contributed by atoms with Crippen LogP contribution < -0.4 is 5.73 Å². The fourth-order valence-electron chi connectivity index (χ4n) is 2.01. The van der Waals surface area contributed by atoms with E-state index in [-0.39, 0.29) is 0 Å². The Hall–Kier alpha value is -0.870. The molecule has 0 spiro atoms. The van der Waals surface area contributed by atoms with Crippen LogP contribution in [0.5, 0.6) is 0 Å². The number of piperidine rings is 1. The van der Waals surface area contributed by atoms with Gasteiger partial charge in [-0.15, -0.1) is 0 Å². The highest BCUT2D eigenvalue weighted by Gasteiger charge is 2.21. The van der Waals surface area contributed by atoms with Gasteiger partial charge in [0.05, 0.1) is 6.20 Å². The van der Waals surface area contributed by atoms with Gasteiger partial charge in [-0.05, 0) is 19.8 Å². The summed E-state index contributed by atoms with van der Waals surface area (Å²) in [5.41, 5.74) is 7.13. The molecule has 1 aliphatic heterocycles. The number of aromatic nitrogens is 2. The van der Waals surface area contributed by atoms with Gasteiger partial charge in [0.1, 0.15) is 0 Å². The van der Waals surface area contributed by atoms with Crippen molar-refractivity contribution in [2.24, 2.45) is 5.73 Å². The summed E-state index contributed by atoms with van der Waals surface area (Å²) in [7, 11) is 0. The molecule has 0 saturated carbocycles. The van der Waals surface area contributed by atoms with E-state index < -0.39 is 0 Å². The van der Waals surface area contributed by atoms with Crippen molar-refractivity contribution >= 4 is 0 Å². The smallest absolute Gasteiger partial charge is 0.0535 e. The van der Waals surface area contributed by atoms with Crippen molar-refractivity contribution < 1.29 is 0 Å². The molecule has 14 heavy (non-hydrogen) atoms. The molecule has 1 fully saturated rings. The number of nitrogens with one attached hydrogen (secondary N) is 1. The SMILES string of the molecule is CC(c1cn[nH]c1)N1CCC(N)CC1. The topological polar surface area (TPSA) is 57.9 Å². The van der Waals surface area contributed by atoms with Gasteiger partial charge in [-0.3, -0.25) is 10.00 Å². The summed E-state index contributed by atoms with van der Waals surface area (Å²) in [6.45, 7) is 4.43. The van der Waals surface area contributed by atoms with Crippen molar-refractivity contribution in [3.05, 3.63) is 18.0 Å². The predicted molar refractivity (Wildman–Crippen MR) is 55.8 cm³/mol. The van der Waals surface area contributed by atoms with Crippen molar-refractivity contribution in [1.82, 2.24) is 15.1 Å². The molecule has 2 heterocycles. The number of nitrogens with two attached hydrogens (primary N) is 1. The number of rotatable bonds is 2. The molecule has 78 valence electrons. The van der Waals surface area contributed by atoms with Crippen LogP contribution in [0, 0.1) is 0 Å². The molecule has 0 amide bonds. The van der Waals surface area contributed by atoms with Gasteiger partial charge in [0, 0.05) is 36.9 Å². The summed E-state index contributed by atoms with van der Waals surface area (Å²) in [6, 6.07) is 0.865. The highest BCUT2D eigenvalue weighted by molar-refractivity contribution is 5.08. The zero-order chi connectivity index (χ0) is 9.97. The fraction of sp³-hybridized carbons (Fsp3) is 0.700. The van der Waals surface area contributed by atoms with Crippen LogP contribution in [-0.4, -0.2) is 34.2 Å². The maximum Gasteiger partial charge on any atom is 0.0535 e. The Kier molecular flexibility index (Phi) is 2.84. The van der Waals surface area contributed by atoms with Crippen molar-refractivity contribution in [2.45, 2.75) is 31.8 Å². The molecule has 1 aliphatic rings. The maximum atomic E-state index is 5.87. The second kappa shape index (κ2) is 4.11. The van der Waals surface area contributed by atoms with Crippen LogP contribution in [0.3, 0.4) is 0 Å². The minimum atomic E-state index is 0.405. The summed E-state index contributed by atoms with van der Waals surface area (Å²) in [5, 5.41) is 6.83. The minimum Gasteiger partial charge on any atom is -0.328 e. The molecule has 1 atom stereocenters. The van der Waals surface area contributed by atoms with E-state index in [1.165, 1.54) is 5.56 Å². The average molecular weight is 194 g/mol. The normalized spacial score (nSPS) is 22.4. The summed E-state index contributed by atoms with van der Waals surface area (Å²) >= 11 is 0. The van der Waals surface area contributed by atoms with Crippen LogP contribution in [0.2, 0.25) is 0 Å². The summed E-state index contributed by atoms with van der Waals surface area (Å²) in [6.07, 6.45) is 6.10. The van der Waals surface area contributed by atoms with Crippen molar-refractivity contribution in [1.29, 1.82) is 0 Å². The Morgan fingerprint density at radius 2 is 2.29 bits per heavy atom. The minimum absolute atomic E-state index is 0.405. The van der Waals surface area contributed by atoms with E-state index in [4.69, 9.17) is 5.73 Å². The Morgan fingerprint density at radius 3 is 2.86 bits per heavy atom. The number of aromatic amines is 1. The van der Waals surface area contributed by atoms with Gasteiger partial charge in [-0.2, -0.15) is 5.10 Å². The quantitative estimate of drug-likeness (QED) is 0.735. The molecule has 4 heteroatoms. The van der Waals surface area contributed by atoms with Crippen LogP contribution >= 0.6 is 0 Å². The van der Waals surface area contributed by atoms with Gasteiger partial charge in [0.25, 0.3) is 0 Å². The van der Waals surface area contributed by atoms with Gasteiger partial charge in [0.2, 0.25) is 0 Å². The lowest BCUT2D eigenvalue weighted by Gasteiger charge is -2.34. The number of nitrogens with zero attached hydrogens (tertiary/aromatic N) is 2. The third kappa shape index (κ3) is 1.96. The van der Waals surface area contributed by atoms with E-state index >= 15 is 0 Å². The van der Waals surface area contributed by atoms with Crippen LogP contribution in [0.15, 0.2) is 12.4 Å². The molecule has 4 nitrogen and oxygen atoms in total. The third-order valence-corrected chi connectivity index (χ3v) is 3.12. The van der Waals surface area contributed by atoms with Crippen LogP contribution in [-0.2, 0) is 0 Å². The highest BCUT2D eigenvalue weighted by atomic mass is 15.2. The molecule has 0 radical (unpaired) electrons. The summed E-state index contributed by atoms with van der Waals surface area (Å²) in [4.78, 5) is 2.47. The zero-order valence-corrected chi connectivity index (χ0v) is 8.61. The first kappa shape index (κ1) is 9.68. The van der Waals surface area contributed by atoms with Crippen LogP contribution in [0.25, 0.3) is 0 Å². The van der Waals surface area contributed by atoms with E-state index in [9.17, 15) is 0 Å². The van der Waals surface area contributed by atoms with E-state index in [1.54, 1.807) is 0 Å². The first-order valence-corrected chi connectivity index (χ1v) is 5.25. The first-order valence-electron chi connectivity index (χ1n) is 5.25. The van der Waals surface area contributed by atoms with E-state index in [2.05, 4.69) is 22.0 Å². The lowest BCUT2D eigenvalue weighted by molar-refractivity contribution is 0.163. The van der Waals surface area contributed by atoms with Crippen LogP contribution in [0.4, 0.5) is 0 Å². The molecule has 0 aliphatic carbocycles. The molecular weight excluding hydrogens is 176 g/mol. The molecule has 1 unspecified atom stereocenters. The standard InChI is InChI=1S/C10H18N4/c1-8(9-6-12-13-7-9)14-4-2-10(11)3-5-14/h6-8,10H,2-5,11H2,1H3,(H,12,13). The van der Waals surface area contributed by atoms with Gasteiger partial charge in [-0.1, -0.05) is 0 Å². The van der Waals surface area contributed by atoms with E-state index in [0.717, 1.165) is 25.9 Å². The third-order valence-electron chi connectivity index (χ3n) is 3.12. The number of H-pyrrole nitrogens is 1. The van der Waals surface area contributed by atoms with E-state index in [0.29, 0.717) is 12.1 Å². The monoisotopic (exact) mass is 194 g/mol. The van der Waals surface area contributed by atoms with Gasteiger partial charge in [-0.25, -0.2) is 0 Å². The molecular formula is C10H18N4. The lowest BCUT2D eigenvalue weighted by Crippen LogP contribution is -2.40. The zero-order valence-electron chi connectivity index (χ0n) is 8.61. The second-order valence-electron chi connectivity index (χ2n) is 4.08. The molecule has 1 aromatic heterocycles. The Morgan fingerprint density at radius 1 is 1.57 bits per heavy atom. The van der Waals surface area contributed by atoms with Crippen LogP contribution in [0.1, 0.15) is 31.4 Å².